The molecule has 1 saturated carbocycles. The van der Waals surface area contributed by atoms with Crippen LogP contribution < -0.4 is 5.73 Å². The van der Waals surface area contributed by atoms with E-state index in [1.807, 2.05) is 6.92 Å². The Kier molecular flexibility index (Phi) is 1.55. The Balaban J connectivity index is 2.29. The number of hydrogen-bond donors (Lipinski definition) is 1. The van der Waals surface area contributed by atoms with Gasteiger partial charge in [-0.05, 0) is 6.42 Å². The van der Waals surface area contributed by atoms with Gasteiger partial charge in [0.05, 0.1) is 0 Å². The van der Waals surface area contributed by atoms with Crippen molar-refractivity contribution in [1.29, 1.82) is 0 Å². The first kappa shape index (κ1) is 8.69. The highest BCUT2D eigenvalue weighted by atomic mass is 16.2. The number of rotatable bonds is 0. The first-order valence-electron chi connectivity index (χ1n) is 4.58. The summed E-state index contributed by atoms with van der Waals surface area (Å²) in [7, 11) is 0. The zero-order valence-corrected chi connectivity index (χ0v) is 7.91. The highest BCUT2D eigenvalue weighted by molar-refractivity contribution is 6.10. The van der Waals surface area contributed by atoms with Crippen LogP contribution in [-0.4, -0.2) is 34.7 Å². The maximum Gasteiger partial charge on any atom is 0.220 e. The minimum atomic E-state index is -0.509. The van der Waals surface area contributed by atoms with Crippen LogP contribution in [0, 0.1) is 5.92 Å². The minimum Gasteiger partial charge on any atom is -0.328 e. The van der Waals surface area contributed by atoms with Crippen LogP contribution in [0.25, 0.3) is 0 Å². The SMILES string of the molecule is CC(=O)N1C[C@H](N)C[C@]12C(=O)C2C. The third kappa shape index (κ3) is 0.892. The average molecular weight is 182 g/mol. The molecule has 13 heavy (non-hydrogen) atoms. The van der Waals surface area contributed by atoms with Crippen molar-refractivity contribution in [3.05, 3.63) is 0 Å². The molecular weight excluding hydrogens is 168 g/mol. The summed E-state index contributed by atoms with van der Waals surface area (Å²) < 4.78 is 0. The molecule has 1 unspecified atom stereocenters. The fourth-order valence-electron chi connectivity index (χ4n) is 2.52. The van der Waals surface area contributed by atoms with E-state index in [0.717, 1.165) is 0 Å². The molecule has 2 rings (SSSR count). The number of amides is 1. The average Bonchev–Trinajstić information content (AvgIpc) is 2.50. The van der Waals surface area contributed by atoms with Crippen molar-refractivity contribution in [1.82, 2.24) is 4.90 Å². The highest BCUT2D eigenvalue weighted by Gasteiger charge is 2.69. The summed E-state index contributed by atoms with van der Waals surface area (Å²) in [5, 5.41) is 0. The fraction of sp³-hybridized carbons (Fsp3) is 0.778. The van der Waals surface area contributed by atoms with E-state index in [0.29, 0.717) is 13.0 Å². The molecule has 1 heterocycles. The molecule has 1 amide bonds. The Hall–Kier alpha value is -0.900. The van der Waals surface area contributed by atoms with Crippen molar-refractivity contribution in [3.8, 4) is 0 Å². The molecule has 2 fully saturated rings. The van der Waals surface area contributed by atoms with Gasteiger partial charge in [0.15, 0.2) is 5.78 Å². The normalized spacial score (nSPS) is 43.0. The standard InChI is InChI=1S/C9H14N2O2/c1-5-8(13)9(5)3-7(10)4-11(9)6(2)12/h5,7H,3-4,10H2,1-2H3/t5?,7-,9+/m1/s1. The second-order valence-electron chi connectivity index (χ2n) is 4.10. The van der Waals surface area contributed by atoms with Gasteiger partial charge in [0.2, 0.25) is 5.91 Å². The van der Waals surface area contributed by atoms with Gasteiger partial charge in [-0.15, -0.1) is 0 Å². The lowest BCUT2D eigenvalue weighted by Gasteiger charge is -2.21. The summed E-state index contributed by atoms with van der Waals surface area (Å²) in [6, 6.07) is -0.0298. The molecule has 0 radical (unpaired) electrons. The lowest BCUT2D eigenvalue weighted by atomic mass is 10.1. The number of nitrogens with two attached hydrogens (primary N) is 1. The third-order valence-corrected chi connectivity index (χ3v) is 3.31. The van der Waals surface area contributed by atoms with E-state index in [9.17, 15) is 9.59 Å². The second kappa shape index (κ2) is 2.32. The van der Waals surface area contributed by atoms with Crippen molar-refractivity contribution in [3.63, 3.8) is 0 Å². The van der Waals surface area contributed by atoms with Gasteiger partial charge in [-0.25, -0.2) is 0 Å². The van der Waals surface area contributed by atoms with Crippen molar-refractivity contribution < 1.29 is 9.59 Å². The lowest BCUT2D eigenvalue weighted by Crippen LogP contribution is -2.38. The summed E-state index contributed by atoms with van der Waals surface area (Å²) >= 11 is 0. The largest absolute Gasteiger partial charge is 0.328 e. The maximum atomic E-state index is 11.5. The molecule has 2 aliphatic rings. The zero-order chi connectivity index (χ0) is 9.80. The fourth-order valence-corrected chi connectivity index (χ4v) is 2.52. The summed E-state index contributed by atoms with van der Waals surface area (Å²) in [6.07, 6.45) is 0.645. The minimum absolute atomic E-state index is 0.00931. The number of ketones is 1. The molecule has 72 valence electrons. The van der Waals surface area contributed by atoms with Crippen LogP contribution in [-0.2, 0) is 9.59 Å². The second-order valence-corrected chi connectivity index (χ2v) is 4.10. The molecule has 1 aliphatic heterocycles. The first-order valence-corrected chi connectivity index (χ1v) is 4.58. The zero-order valence-electron chi connectivity index (χ0n) is 7.91. The number of hydrogen-bond acceptors (Lipinski definition) is 3. The van der Waals surface area contributed by atoms with Gasteiger partial charge in [-0.2, -0.15) is 0 Å². The molecule has 3 atom stereocenters. The molecule has 1 saturated heterocycles. The van der Waals surface area contributed by atoms with E-state index in [-0.39, 0.29) is 23.7 Å². The van der Waals surface area contributed by atoms with Crippen LogP contribution in [0.1, 0.15) is 20.3 Å². The van der Waals surface area contributed by atoms with Crippen LogP contribution in [0.3, 0.4) is 0 Å². The van der Waals surface area contributed by atoms with Crippen LogP contribution >= 0.6 is 0 Å². The number of Topliss-reactive ketones (excluding diaryl/α,β-unsaturated/α-hetero) is 1. The number of nitrogens with zero attached hydrogens (tertiary/aromatic N) is 1. The first-order chi connectivity index (χ1) is 6.00. The summed E-state index contributed by atoms with van der Waals surface area (Å²) in [5.41, 5.74) is 5.25. The Morgan fingerprint density at radius 3 is 2.54 bits per heavy atom. The maximum absolute atomic E-state index is 11.5. The summed E-state index contributed by atoms with van der Waals surface area (Å²) in [5.74, 6) is 0.131. The molecule has 4 nitrogen and oxygen atoms in total. The number of carbonyl (C=O) groups excluding carboxylic acids is 2. The van der Waals surface area contributed by atoms with Crippen LogP contribution in [0.15, 0.2) is 0 Å². The monoisotopic (exact) mass is 182 g/mol. The van der Waals surface area contributed by atoms with E-state index in [1.165, 1.54) is 6.92 Å². The Morgan fingerprint density at radius 2 is 2.23 bits per heavy atom. The van der Waals surface area contributed by atoms with Gasteiger partial charge in [0.1, 0.15) is 5.54 Å². The molecule has 0 aromatic heterocycles. The summed E-state index contributed by atoms with van der Waals surface area (Å²) in [6.45, 7) is 3.90. The van der Waals surface area contributed by atoms with Gasteiger partial charge < -0.3 is 10.6 Å². The molecule has 0 aromatic rings. The molecule has 0 bridgehead atoms. The molecule has 1 spiro atoms. The van der Waals surface area contributed by atoms with Crippen LogP contribution in [0.2, 0.25) is 0 Å². The Labute approximate surface area is 77.1 Å². The smallest absolute Gasteiger partial charge is 0.220 e. The van der Waals surface area contributed by atoms with E-state index in [4.69, 9.17) is 5.73 Å². The van der Waals surface area contributed by atoms with E-state index < -0.39 is 5.54 Å². The number of carbonyl (C=O) groups is 2. The van der Waals surface area contributed by atoms with Gasteiger partial charge >= 0.3 is 0 Å². The predicted octanol–water partition coefficient (Wildman–Crippen LogP) is -0.476. The van der Waals surface area contributed by atoms with E-state index in [1.54, 1.807) is 4.90 Å². The highest BCUT2D eigenvalue weighted by Crippen LogP contribution is 2.50. The van der Waals surface area contributed by atoms with Gasteiger partial charge in [-0.1, -0.05) is 6.92 Å². The Morgan fingerprint density at radius 1 is 1.69 bits per heavy atom. The molecular formula is C9H14N2O2. The van der Waals surface area contributed by atoms with Crippen LogP contribution in [0.5, 0.6) is 0 Å². The quantitative estimate of drug-likeness (QED) is 0.550. The van der Waals surface area contributed by atoms with E-state index in [2.05, 4.69) is 0 Å². The Bertz CT molecular complexity index is 289. The lowest BCUT2D eigenvalue weighted by molar-refractivity contribution is -0.132. The molecule has 2 N–H and O–H groups in total. The molecule has 0 aromatic carbocycles. The van der Waals surface area contributed by atoms with Gasteiger partial charge in [0, 0.05) is 25.4 Å². The van der Waals surface area contributed by atoms with Gasteiger partial charge in [0.25, 0.3) is 0 Å². The molecule has 4 heteroatoms. The number of likely N-dealkylation sites (tertiary alicyclic amines) is 1. The van der Waals surface area contributed by atoms with Crippen molar-refractivity contribution >= 4 is 11.7 Å². The molecule has 1 aliphatic carbocycles. The van der Waals surface area contributed by atoms with Crippen molar-refractivity contribution in [2.75, 3.05) is 6.54 Å². The topological polar surface area (TPSA) is 63.4 Å². The third-order valence-electron chi connectivity index (χ3n) is 3.31. The predicted molar refractivity (Wildman–Crippen MR) is 46.9 cm³/mol. The van der Waals surface area contributed by atoms with E-state index >= 15 is 0 Å². The van der Waals surface area contributed by atoms with Crippen molar-refractivity contribution in [2.45, 2.75) is 31.8 Å². The van der Waals surface area contributed by atoms with Crippen LogP contribution in [0.4, 0.5) is 0 Å². The van der Waals surface area contributed by atoms with Crippen molar-refractivity contribution in [2.24, 2.45) is 11.7 Å². The summed E-state index contributed by atoms with van der Waals surface area (Å²) in [4.78, 5) is 24.4. The van der Waals surface area contributed by atoms with Gasteiger partial charge in [-0.3, -0.25) is 9.59 Å².